The van der Waals surface area contributed by atoms with Crippen molar-refractivity contribution in [3.63, 3.8) is 0 Å². The van der Waals surface area contributed by atoms with Crippen LogP contribution in [0.1, 0.15) is 13.3 Å². The molecule has 0 bridgehead atoms. The minimum atomic E-state index is 0.0440. The van der Waals surface area contributed by atoms with Crippen LogP contribution in [0.5, 0.6) is 0 Å². The summed E-state index contributed by atoms with van der Waals surface area (Å²) in [5.41, 5.74) is 3.81. The smallest absolute Gasteiger partial charge is 0.0785 e. The Morgan fingerprint density at radius 3 is 2.47 bits per heavy atom. The molecule has 1 unspecified atom stereocenters. The minimum Gasteiger partial charge on any atom is -0.223 e. The van der Waals surface area contributed by atoms with Crippen LogP contribution in [0.4, 0.5) is 5.69 Å². The van der Waals surface area contributed by atoms with Crippen molar-refractivity contribution in [3.05, 3.63) is 48.5 Å². The average molecular weight is 241 g/mol. The van der Waals surface area contributed by atoms with E-state index in [4.69, 9.17) is 4.36 Å². The second-order valence-corrected chi connectivity index (χ2v) is 5.93. The van der Waals surface area contributed by atoms with Crippen molar-refractivity contribution < 1.29 is 0 Å². The fraction of sp³-hybridized carbons (Fsp3) is 0.200. The van der Waals surface area contributed by atoms with E-state index in [2.05, 4.69) is 55.5 Å². The Hall–Kier alpha value is -1.41. The van der Waals surface area contributed by atoms with Gasteiger partial charge in [0.25, 0.3) is 0 Å². The topological polar surface area (TPSA) is 12.4 Å². The second-order valence-electron chi connectivity index (χ2n) is 4.17. The molecule has 0 saturated heterocycles. The van der Waals surface area contributed by atoms with Gasteiger partial charge >= 0.3 is 0 Å². The predicted molar refractivity (Wildman–Crippen MR) is 74.8 cm³/mol. The summed E-state index contributed by atoms with van der Waals surface area (Å²) in [4.78, 5) is 1.41. The molecule has 2 aromatic carbocycles. The van der Waals surface area contributed by atoms with Crippen molar-refractivity contribution in [2.45, 2.75) is 18.2 Å². The van der Waals surface area contributed by atoms with E-state index in [0.29, 0.717) is 0 Å². The summed E-state index contributed by atoms with van der Waals surface area (Å²) < 4.78 is 4.90. The van der Waals surface area contributed by atoms with Gasteiger partial charge in [0.15, 0.2) is 0 Å². The number of benzene rings is 2. The Labute approximate surface area is 105 Å². The molecule has 2 heteroatoms. The lowest BCUT2D eigenvalue weighted by Gasteiger charge is -2.19. The summed E-state index contributed by atoms with van der Waals surface area (Å²) in [7, 11) is 0.0440. The molecular formula is C15H15NS. The summed E-state index contributed by atoms with van der Waals surface area (Å²) in [6.07, 6.45) is 1.18. The highest BCUT2D eigenvalue weighted by molar-refractivity contribution is 7.87. The summed E-state index contributed by atoms with van der Waals surface area (Å²) in [6, 6.07) is 17.2. The molecule has 0 amide bonds. The molecule has 1 nitrogen and oxygen atoms in total. The maximum atomic E-state index is 4.90. The number of rotatable bonds is 2. The third-order valence-corrected chi connectivity index (χ3v) is 5.02. The lowest BCUT2D eigenvalue weighted by molar-refractivity contribution is 1.10. The van der Waals surface area contributed by atoms with Gasteiger partial charge < -0.3 is 0 Å². The number of hydrogen-bond donors (Lipinski definition) is 0. The van der Waals surface area contributed by atoms with Gasteiger partial charge in [0, 0.05) is 16.2 Å². The summed E-state index contributed by atoms with van der Waals surface area (Å²) in [6.45, 7) is 2.23. The molecule has 0 aromatic heterocycles. The Kier molecular flexibility index (Phi) is 2.81. The number of hydrogen-bond acceptors (Lipinski definition) is 1. The SMILES string of the molecule is CCCS1=Nc2ccccc2-c2ccccc21. The van der Waals surface area contributed by atoms with Crippen molar-refractivity contribution in [1.29, 1.82) is 0 Å². The maximum absolute atomic E-state index is 4.90. The van der Waals surface area contributed by atoms with E-state index in [1.54, 1.807) is 0 Å². The zero-order valence-corrected chi connectivity index (χ0v) is 10.7. The fourth-order valence-corrected chi connectivity index (χ4v) is 4.05. The molecule has 3 rings (SSSR count). The summed E-state index contributed by atoms with van der Waals surface area (Å²) in [5.74, 6) is 1.16. The van der Waals surface area contributed by atoms with Crippen molar-refractivity contribution in [3.8, 4) is 11.1 Å². The minimum absolute atomic E-state index is 0.0440. The third kappa shape index (κ3) is 1.83. The van der Waals surface area contributed by atoms with Crippen LogP contribution in [-0.4, -0.2) is 5.75 Å². The summed E-state index contributed by atoms with van der Waals surface area (Å²) >= 11 is 0. The van der Waals surface area contributed by atoms with Gasteiger partial charge in [-0.05, 0) is 24.1 Å². The molecule has 1 heterocycles. The van der Waals surface area contributed by atoms with Gasteiger partial charge in [-0.1, -0.05) is 54.0 Å². The molecule has 17 heavy (non-hydrogen) atoms. The standard InChI is InChI=1S/C15H15NS/c1-2-11-17-15-10-6-4-8-13(15)12-7-3-5-9-14(12)16-17/h3-10H,2,11H2,1H3. The molecule has 86 valence electrons. The van der Waals surface area contributed by atoms with Crippen molar-refractivity contribution in [2.75, 3.05) is 5.75 Å². The van der Waals surface area contributed by atoms with E-state index in [9.17, 15) is 0 Å². The van der Waals surface area contributed by atoms with Gasteiger partial charge in [-0.2, -0.15) is 0 Å². The number of nitrogens with zero attached hydrogens (tertiary/aromatic N) is 1. The Morgan fingerprint density at radius 2 is 1.65 bits per heavy atom. The van der Waals surface area contributed by atoms with Gasteiger partial charge in [-0.3, -0.25) is 0 Å². The third-order valence-electron chi connectivity index (χ3n) is 2.94. The molecule has 2 aromatic rings. The van der Waals surface area contributed by atoms with Crippen molar-refractivity contribution >= 4 is 16.4 Å². The van der Waals surface area contributed by atoms with Crippen LogP contribution < -0.4 is 0 Å². The predicted octanol–water partition coefficient (Wildman–Crippen LogP) is 4.57. The van der Waals surface area contributed by atoms with E-state index in [1.165, 1.54) is 22.4 Å². The highest BCUT2D eigenvalue weighted by Crippen LogP contribution is 2.39. The fourth-order valence-electron chi connectivity index (χ4n) is 2.19. The van der Waals surface area contributed by atoms with Crippen LogP contribution in [0.2, 0.25) is 0 Å². The molecule has 1 atom stereocenters. The Morgan fingerprint density at radius 1 is 0.941 bits per heavy atom. The molecule has 0 fully saturated rings. The van der Waals surface area contributed by atoms with Crippen LogP contribution in [0.3, 0.4) is 0 Å². The van der Waals surface area contributed by atoms with E-state index in [0.717, 1.165) is 11.4 Å². The molecule has 1 aliphatic heterocycles. The molecule has 0 aliphatic carbocycles. The van der Waals surface area contributed by atoms with Crippen LogP contribution in [0.25, 0.3) is 11.1 Å². The zero-order chi connectivity index (χ0) is 11.7. The Balaban J connectivity index is 2.26. The lowest BCUT2D eigenvalue weighted by Crippen LogP contribution is -2.02. The van der Waals surface area contributed by atoms with Crippen LogP contribution in [0.15, 0.2) is 57.8 Å². The van der Waals surface area contributed by atoms with Crippen LogP contribution >= 0.6 is 0 Å². The zero-order valence-electron chi connectivity index (χ0n) is 9.89. The highest BCUT2D eigenvalue weighted by atomic mass is 32.2. The molecule has 0 spiro atoms. The number of fused-ring (bicyclic) bond motifs is 3. The first kappa shape index (κ1) is 10.7. The summed E-state index contributed by atoms with van der Waals surface area (Å²) in [5, 5.41) is 0. The van der Waals surface area contributed by atoms with Gasteiger partial charge in [-0.25, -0.2) is 4.36 Å². The Bertz CT molecular complexity index is 587. The molecular weight excluding hydrogens is 226 g/mol. The van der Waals surface area contributed by atoms with Gasteiger partial charge in [-0.15, -0.1) is 0 Å². The first-order valence-electron chi connectivity index (χ1n) is 6.01. The average Bonchev–Trinajstić information content (AvgIpc) is 2.39. The monoisotopic (exact) mass is 241 g/mol. The highest BCUT2D eigenvalue weighted by Gasteiger charge is 2.16. The quantitative estimate of drug-likeness (QED) is 0.730. The van der Waals surface area contributed by atoms with Crippen LogP contribution in [-0.2, 0) is 10.7 Å². The van der Waals surface area contributed by atoms with Crippen molar-refractivity contribution in [2.24, 2.45) is 4.36 Å². The first-order valence-corrected chi connectivity index (χ1v) is 7.36. The lowest BCUT2D eigenvalue weighted by atomic mass is 10.0. The first-order chi connectivity index (χ1) is 8.40. The van der Waals surface area contributed by atoms with Crippen LogP contribution in [0, 0.1) is 0 Å². The van der Waals surface area contributed by atoms with Gasteiger partial charge in [0.2, 0.25) is 0 Å². The van der Waals surface area contributed by atoms with Crippen molar-refractivity contribution in [1.82, 2.24) is 0 Å². The maximum Gasteiger partial charge on any atom is 0.0785 e. The molecule has 0 saturated carbocycles. The normalized spacial score (nSPS) is 16.9. The molecule has 0 radical (unpaired) electrons. The molecule has 0 N–H and O–H groups in total. The van der Waals surface area contributed by atoms with Gasteiger partial charge in [0.1, 0.15) is 0 Å². The van der Waals surface area contributed by atoms with E-state index < -0.39 is 0 Å². The molecule has 1 aliphatic rings. The largest absolute Gasteiger partial charge is 0.223 e. The second kappa shape index (κ2) is 4.46. The van der Waals surface area contributed by atoms with E-state index in [-0.39, 0.29) is 10.7 Å². The van der Waals surface area contributed by atoms with E-state index >= 15 is 0 Å². The van der Waals surface area contributed by atoms with E-state index in [1.807, 2.05) is 0 Å². The van der Waals surface area contributed by atoms with Gasteiger partial charge in [0.05, 0.1) is 5.69 Å².